The Morgan fingerprint density at radius 1 is 1.03 bits per heavy atom. The van der Waals surface area contributed by atoms with Crippen molar-refractivity contribution in [2.45, 2.75) is 12.6 Å². The van der Waals surface area contributed by atoms with E-state index in [0.717, 1.165) is 29.2 Å². The minimum absolute atomic E-state index is 0.0477. The molecule has 0 aliphatic rings. The zero-order valence-corrected chi connectivity index (χ0v) is 17.6. The number of hydrogen-bond acceptors (Lipinski definition) is 3. The highest BCUT2D eigenvalue weighted by molar-refractivity contribution is 6.07. The normalized spacial score (nSPS) is 11.8. The molecule has 6 nitrogen and oxygen atoms in total. The first-order valence-corrected chi connectivity index (χ1v) is 9.80. The van der Waals surface area contributed by atoms with Crippen LogP contribution in [0.1, 0.15) is 28.2 Å². The number of para-hydroxylation sites is 1. The maximum absolute atomic E-state index is 14.8. The molecular weight excluding hydrogens is 483 g/mol. The number of nitrogens with zero attached hydrogens (tertiary/aromatic N) is 4. The lowest BCUT2D eigenvalue weighted by molar-refractivity contribution is -0.141. The molecule has 1 N–H and O–H groups in total. The Hall–Kier alpha value is -4.16. The number of amides is 1. The summed E-state index contributed by atoms with van der Waals surface area (Å²) >= 11 is 0. The van der Waals surface area contributed by atoms with Gasteiger partial charge >= 0.3 is 6.18 Å². The van der Waals surface area contributed by atoms with E-state index in [1.54, 1.807) is 0 Å². The van der Waals surface area contributed by atoms with E-state index in [1.807, 2.05) is 0 Å². The van der Waals surface area contributed by atoms with Crippen LogP contribution in [0.5, 0.6) is 0 Å². The van der Waals surface area contributed by atoms with E-state index in [1.165, 1.54) is 31.3 Å². The Labute approximate surface area is 192 Å². The van der Waals surface area contributed by atoms with Crippen molar-refractivity contribution in [3.63, 3.8) is 0 Å². The first-order chi connectivity index (χ1) is 16.5. The molecule has 2 heterocycles. The summed E-state index contributed by atoms with van der Waals surface area (Å²) in [7, 11) is 1.36. The highest BCUT2D eigenvalue weighted by Crippen LogP contribution is 2.33. The molecule has 35 heavy (non-hydrogen) atoms. The molecule has 0 aliphatic carbocycles. The second kappa shape index (κ2) is 8.89. The van der Waals surface area contributed by atoms with Crippen molar-refractivity contribution in [1.29, 1.82) is 0 Å². The third kappa shape index (κ3) is 4.74. The molecule has 13 heteroatoms. The number of carbonyl (C=O) groups is 1. The average molecular weight is 497 g/mol. The Morgan fingerprint density at radius 3 is 2.29 bits per heavy atom. The topological polar surface area (TPSA) is 64.7 Å². The quantitative estimate of drug-likeness (QED) is 0.357. The van der Waals surface area contributed by atoms with Crippen molar-refractivity contribution >= 4 is 11.6 Å². The van der Waals surface area contributed by atoms with Crippen LogP contribution in [0.2, 0.25) is 0 Å². The molecule has 0 bridgehead atoms. The fourth-order valence-electron chi connectivity index (χ4n) is 3.41. The van der Waals surface area contributed by atoms with Crippen LogP contribution in [0.15, 0.2) is 54.9 Å². The van der Waals surface area contributed by atoms with Crippen molar-refractivity contribution in [3.8, 4) is 16.8 Å². The second-order valence-electron chi connectivity index (χ2n) is 7.33. The lowest BCUT2D eigenvalue weighted by Gasteiger charge is -2.13. The summed E-state index contributed by atoms with van der Waals surface area (Å²) in [5.41, 5.74) is -3.17. The minimum atomic E-state index is -4.80. The van der Waals surface area contributed by atoms with Crippen LogP contribution < -0.4 is 5.32 Å². The predicted molar refractivity (Wildman–Crippen MR) is 110 cm³/mol. The van der Waals surface area contributed by atoms with Gasteiger partial charge in [-0.25, -0.2) is 22.2 Å². The average Bonchev–Trinajstić information content (AvgIpc) is 3.41. The molecule has 0 aliphatic heterocycles. The van der Waals surface area contributed by atoms with Gasteiger partial charge in [-0.3, -0.25) is 9.48 Å². The number of aromatic nitrogens is 4. The first-order valence-electron chi connectivity index (χ1n) is 9.80. The summed E-state index contributed by atoms with van der Waals surface area (Å²) in [6.45, 7) is 0. The van der Waals surface area contributed by atoms with E-state index < -0.39 is 47.2 Å². The summed E-state index contributed by atoms with van der Waals surface area (Å²) in [6.07, 6.45) is -5.93. The lowest BCUT2D eigenvalue weighted by Crippen LogP contribution is -2.14. The van der Waals surface area contributed by atoms with Crippen LogP contribution in [0, 0.1) is 11.6 Å². The molecule has 2 aromatic carbocycles. The van der Waals surface area contributed by atoms with Gasteiger partial charge in [0.15, 0.2) is 17.3 Å². The van der Waals surface area contributed by atoms with E-state index in [9.17, 15) is 35.5 Å². The summed E-state index contributed by atoms with van der Waals surface area (Å²) in [6, 6.07) is 8.09. The fourth-order valence-corrected chi connectivity index (χ4v) is 3.41. The lowest BCUT2D eigenvalue weighted by atomic mass is 10.0. The molecule has 0 unspecified atom stereocenters. The van der Waals surface area contributed by atoms with Crippen molar-refractivity contribution in [3.05, 3.63) is 83.4 Å². The Morgan fingerprint density at radius 2 is 1.69 bits per heavy atom. The van der Waals surface area contributed by atoms with Gasteiger partial charge in [0.1, 0.15) is 11.4 Å². The van der Waals surface area contributed by atoms with Crippen LogP contribution in [0.4, 0.5) is 36.4 Å². The molecule has 0 fully saturated rings. The van der Waals surface area contributed by atoms with Crippen molar-refractivity contribution in [2.24, 2.45) is 7.05 Å². The third-order valence-corrected chi connectivity index (χ3v) is 4.92. The minimum Gasteiger partial charge on any atom is -0.321 e. The number of rotatable bonds is 5. The van der Waals surface area contributed by atoms with E-state index >= 15 is 0 Å². The molecule has 182 valence electrons. The number of nitrogens with one attached hydrogen (secondary N) is 1. The molecule has 0 spiro atoms. The molecule has 1 amide bonds. The van der Waals surface area contributed by atoms with Gasteiger partial charge in [0, 0.05) is 30.7 Å². The summed E-state index contributed by atoms with van der Waals surface area (Å²) in [5.74, 6) is -3.36. The van der Waals surface area contributed by atoms with Gasteiger partial charge < -0.3 is 5.32 Å². The second-order valence-corrected chi connectivity index (χ2v) is 7.33. The summed E-state index contributed by atoms with van der Waals surface area (Å²) in [5, 5.41) is 9.16. The molecule has 0 radical (unpaired) electrons. The van der Waals surface area contributed by atoms with Crippen LogP contribution >= 0.6 is 0 Å². The number of anilines is 1. The highest BCUT2D eigenvalue weighted by atomic mass is 19.4. The number of benzene rings is 2. The standard InChI is InChI=1S/C22H14F7N5O/c1-33-10-13(18(32-33)20(25)26)21(35)30-16-5-3-2-4-12(16)11-8-14(23)19(15(24)9-11)34-7-6-17(31-34)22(27,28)29/h2-10,20H,1H3,(H,30,35). The fraction of sp³-hybridized carbons (Fsp3) is 0.136. The van der Waals surface area contributed by atoms with Crippen molar-refractivity contribution in [1.82, 2.24) is 19.6 Å². The van der Waals surface area contributed by atoms with Gasteiger partial charge in [0.2, 0.25) is 0 Å². The van der Waals surface area contributed by atoms with E-state index in [-0.39, 0.29) is 22.4 Å². The maximum atomic E-state index is 14.8. The van der Waals surface area contributed by atoms with Gasteiger partial charge in [-0.05, 0) is 29.8 Å². The van der Waals surface area contributed by atoms with E-state index in [0.29, 0.717) is 10.7 Å². The highest BCUT2D eigenvalue weighted by Gasteiger charge is 2.34. The number of carbonyl (C=O) groups excluding carboxylic acids is 1. The van der Waals surface area contributed by atoms with Gasteiger partial charge in [-0.2, -0.15) is 23.4 Å². The summed E-state index contributed by atoms with van der Waals surface area (Å²) in [4.78, 5) is 12.6. The van der Waals surface area contributed by atoms with Gasteiger partial charge in [-0.15, -0.1) is 0 Å². The number of alkyl halides is 5. The molecule has 0 saturated heterocycles. The number of halogens is 7. The predicted octanol–water partition coefficient (Wildman–Crippen LogP) is 5.76. The SMILES string of the molecule is Cn1cc(C(=O)Nc2ccccc2-c2cc(F)c(-n3ccc(C(F)(F)F)n3)c(F)c2)c(C(F)F)n1. The monoisotopic (exact) mass is 497 g/mol. The molecule has 4 rings (SSSR count). The largest absolute Gasteiger partial charge is 0.435 e. The molecule has 4 aromatic rings. The summed E-state index contributed by atoms with van der Waals surface area (Å²) < 4.78 is 96.0. The maximum Gasteiger partial charge on any atom is 0.435 e. The van der Waals surface area contributed by atoms with Crippen LogP contribution in [0.25, 0.3) is 16.8 Å². The molecule has 0 atom stereocenters. The van der Waals surface area contributed by atoms with Gasteiger partial charge in [0.05, 0.1) is 5.56 Å². The van der Waals surface area contributed by atoms with Crippen LogP contribution in [-0.4, -0.2) is 25.5 Å². The molecule has 0 saturated carbocycles. The number of hydrogen-bond donors (Lipinski definition) is 1. The van der Waals surface area contributed by atoms with Gasteiger partial charge in [0.25, 0.3) is 12.3 Å². The molecule has 2 aromatic heterocycles. The Bertz CT molecular complexity index is 1380. The number of aryl methyl sites for hydroxylation is 1. The zero-order valence-electron chi connectivity index (χ0n) is 17.6. The van der Waals surface area contributed by atoms with E-state index in [2.05, 4.69) is 15.5 Å². The van der Waals surface area contributed by atoms with Crippen LogP contribution in [0.3, 0.4) is 0 Å². The van der Waals surface area contributed by atoms with Gasteiger partial charge in [-0.1, -0.05) is 18.2 Å². The Balaban J connectivity index is 1.70. The third-order valence-electron chi connectivity index (χ3n) is 4.92. The molecular formula is C22H14F7N5O. The smallest absolute Gasteiger partial charge is 0.321 e. The van der Waals surface area contributed by atoms with Crippen molar-refractivity contribution < 1.29 is 35.5 Å². The Kier molecular flexibility index (Phi) is 6.09. The van der Waals surface area contributed by atoms with Crippen molar-refractivity contribution in [2.75, 3.05) is 5.32 Å². The van der Waals surface area contributed by atoms with E-state index in [4.69, 9.17) is 0 Å². The first kappa shape index (κ1) is 24.0. The van der Waals surface area contributed by atoms with Crippen LogP contribution in [-0.2, 0) is 13.2 Å². The zero-order chi connectivity index (χ0) is 25.5.